The summed E-state index contributed by atoms with van der Waals surface area (Å²) in [4.78, 5) is 197. The van der Waals surface area contributed by atoms with Crippen LogP contribution in [0.25, 0.3) is 0 Å². The molecule has 0 unspecified atom stereocenters. The maximum Gasteiger partial charge on any atom is 0.245 e. The maximum atomic E-state index is 14.9. The Morgan fingerprint density at radius 3 is 1.43 bits per heavy atom. The van der Waals surface area contributed by atoms with Gasteiger partial charge in [0.05, 0.1) is 19.1 Å². The van der Waals surface area contributed by atoms with Crippen LogP contribution in [-0.4, -0.2) is 239 Å². The van der Waals surface area contributed by atoms with E-state index in [2.05, 4.69) is 37.2 Å². The standard InChI is InChI=1S/C73H115N13O14/c1-18-47(10)63-70(97)76-53(40-51-30-24-20-25-31-51)66(93)78-56(73(100)86-33-26-21-27-34-86)41-59(89)81(13)35-32-58(88)84(16)62(46(8)9)69(96)75-52(39-50-28-22-19-23-29-50)65(92)77-54(36-43(2)3)71(98)82(14)48(11)64(91)80-61(49(12)87)68(95)79-55(37-44(4)5)72(99)83(15)57(38-45(6)7)67(94)74-42-60(90)85(63)17/h19-20,22-25,28-31,43-49,52-57,61-63,87H,18,21,26-27,32-42H2,1-17H3,(H,74,94)(H,75,96)(H,76,97)(H,77,92)(H,78,93)(H,79,95)(H,80,91)/t47-,48-,49+,52-,53-,54-,55-,56-,57-,61-,62-,63-/m0/s1. The Hall–Kier alpha value is -8.49. The Balaban J connectivity index is 1.85. The predicted molar refractivity (Wildman–Crippen MR) is 378 cm³/mol. The first kappa shape index (κ1) is 83.9. The lowest BCUT2D eigenvalue weighted by Gasteiger charge is -2.35. The molecule has 0 bridgehead atoms. The van der Waals surface area contributed by atoms with E-state index >= 15 is 0 Å². The molecule has 27 heteroatoms. The third kappa shape index (κ3) is 25.0. The number of likely N-dealkylation sites (N-methyl/N-ethyl adjacent to an activating group) is 4. The van der Waals surface area contributed by atoms with E-state index in [1.54, 1.807) is 100 Å². The number of piperidine rings is 1. The Morgan fingerprint density at radius 1 is 0.490 bits per heavy atom. The summed E-state index contributed by atoms with van der Waals surface area (Å²) in [7, 11) is 6.99. The van der Waals surface area contributed by atoms with Gasteiger partial charge < -0.3 is 71.7 Å². The lowest BCUT2D eigenvalue weighted by molar-refractivity contribution is -0.145. The van der Waals surface area contributed by atoms with E-state index in [0.717, 1.165) is 11.3 Å². The number of aliphatic hydroxyl groups excluding tert-OH is 1. The first-order valence-corrected chi connectivity index (χ1v) is 35.4. The molecule has 2 fully saturated rings. The predicted octanol–water partition coefficient (Wildman–Crippen LogP) is 2.31. The smallest absolute Gasteiger partial charge is 0.245 e. The van der Waals surface area contributed by atoms with Gasteiger partial charge in [0.25, 0.3) is 0 Å². The van der Waals surface area contributed by atoms with Crippen molar-refractivity contribution in [3.63, 3.8) is 0 Å². The fourth-order valence-corrected chi connectivity index (χ4v) is 12.5. The molecular weight excluding hydrogens is 1280 g/mol. The normalized spacial score (nSPS) is 25.6. The monoisotopic (exact) mass is 1400 g/mol. The number of amides is 13. The second-order valence-electron chi connectivity index (χ2n) is 28.8. The van der Waals surface area contributed by atoms with Crippen molar-refractivity contribution in [1.29, 1.82) is 0 Å². The zero-order valence-electron chi connectivity index (χ0n) is 62.1. The molecule has 556 valence electrons. The molecule has 27 nitrogen and oxygen atoms in total. The van der Waals surface area contributed by atoms with Crippen molar-refractivity contribution in [3.05, 3.63) is 71.8 Å². The van der Waals surface area contributed by atoms with Crippen molar-refractivity contribution >= 4 is 76.8 Å². The number of carbonyl (C=O) groups is 13. The van der Waals surface area contributed by atoms with Gasteiger partial charge in [-0.3, -0.25) is 62.3 Å². The van der Waals surface area contributed by atoms with Gasteiger partial charge in [0.15, 0.2) is 0 Å². The summed E-state index contributed by atoms with van der Waals surface area (Å²) < 4.78 is 0. The number of hydrogen-bond donors (Lipinski definition) is 8. The molecule has 12 atom stereocenters. The number of nitrogens with one attached hydrogen (secondary N) is 7. The van der Waals surface area contributed by atoms with Crippen molar-refractivity contribution in [2.24, 2.45) is 29.6 Å². The van der Waals surface area contributed by atoms with E-state index < -0.39 is 168 Å². The number of benzene rings is 2. The highest BCUT2D eigenvalue weighted by atomic mass is 16.3. The van der Waals surface area contributed by atoms with Crippen molar-refractivity contribution in [3.8, 4) is 0 Å². The number of carbonyl (C=O) groups excluding carboxylic acids is 13. The topological polar surface area (TPSA) is 346 Å². The highest BCUT2D eigenvalue weighted by Gasteiger charge is 2.42. The van der Waals surface area contributed by atoms with E-state index in [0.29, 0.717) is 43.5 Å². The summed E-state index contributed by atoms with van der Waals surface area (Å²) in [6.07, 6.45) is 0.310. The van der Waals surface area contributed by atoms with Gasteiger partial charge in [-0.05, 0) is 93.1 Å². The zero-order valence-corrected chi connectivity index (χ0v) is 62.1. The van der Waals surface area contributed by atoms with Gasteiger partial charge in [-0.1, -0.05) is 136 Å². The van der Waals surface area contributed by atoms with Gasteiger partial charge in [0, 0.05) is 74.1 Å². The molecule has 100 heavy (non-hydrogen) atoms. The fraction of sp³-hybridized carbons (Fsp3) is 0.658. The molecule has 0 aromatic heterocycles. The Bertz CT molecular complexity index is 3110. The van der Waals surface area contributed by atoms with Gasteiger partial charge in [0.1, 0.15) is 60.4 Å². The summed E-state index contributed by atoms with van der Waals surface area (Å²) >= 11 is 0. The van der Waals surface area contributed by atoms with Crippen LogP contribution < -0.4 is 37.2 Å². The molecule has 0 aliphatic carbocycles. The quantitative estimate of drug-likeness (QED) is 0.127. The lowest BCUT2D eigenvalue weighted by Crippen LogP contribution is -2.62. The Labute approximate surface area is 591 Å². The van der Waals surface area contributed by atoms with Crippen LogP contribution in [0, 0.1) is 29.6 Å². The molecule has 0 saturated carbocycles. The first-order chi connectivity index (χ1) is 47.0. The third-order valence-electron chi connectivity index (χ3n) is 18.8. The number of likely N-dealkylation sites (tertiary alicyclic amines) is 1. The Kier molecular flexibility index (Phi) is 33.6. The van der Waals surface area contributed by atoms with Gasteiger partial charge in [0.2, 0.25) is 76.8 Å². The van der Waals surface area contributed by atoms with E-state index in [-0.39, 0.29) is 62.8 Å². The zero-order chi connectivity index (χ0) is 75.0. The van der Waals surface area contributed by atoms with Crippen LogP contribution in [0.2, 0.25) is 0 Å². The largest absolute Gasteiger partial charge is 0.391 e. The molecule has 2 aromatic rings. The van der Waals surface area contributed by atoms with Gasteiger partial charge in [-0.25, -0.2) is 0 Å². The molecule has 2 saturated heterocycles. The molecule has 2 aliphatic heterocycles. The SMILES string of the molecule is CC[C@H](C)[C@H]1C(=O)N[C@@H](Cc2ccccc2)C(=O)N[C@H](C(=O)N2CCCCC2)CC(=O)N(C)CCC(=O)N(C)[C@@H](C(C)C)C(=O)N[C@@H](Cc2ccccc2)C(=O)N[C@@H](CC(C)C)C(=O)N(C)[C@@H](C)C(=O)N[C@@H]([C@@H](C)O)C(=O)N[C@@H](CC(C)C)C(=O)N(C)[C@@H](CC(C)C)C(=O)NCC(=O)N1C. The Morgan fingerprint density at radius 2 is 0.950 bits per heavy atom. The molecule has 13 amide bonds. The fourth-order valence-electron chi connectivity index (χ4n) is 12.5. The van der Waals surface area contributed by atoms with Crippen LogP contribution in [0.15, 0.2) is 60.7 Å². The summed E-state index contributed by atoms with van der Waals surface area (Å²) in [6, 6.07) is 4.27. The summed E-state index contributed by atoms with van der Waals surface area (Å²) in [6.45, 7) is 20.5. The number of aliphatic hydroxyl groups is 1. The van der Waals surface area contributed by atoms with Crippen LogP contribution in [0.5, 0.6) is 0 Å². The second-order valence-corrected chi connectivity index (χ2v) is 28.8. The summed E-state index contributed by atoms with van der Waals surface area (Å²) in [5.74, 6) is -11.0. The van der Waals surface area contributed by atoms with Crippen molar-refractivity contribution in [1.82, 2.24) is 66.6 Å². The van der Waals surface area contributed by atoms with E-state index in [1.165, 1.54) is 68.7 Å². The third-order valence-corrected chi connectivity index (χ3v) is 18.8. The minimum Gasteiger partial charge on any atom is -0.391 e. The summed E-state index contributed by atoms with van der Waals surface area (Å²) in [5, 5.41) is 30.3. The molecule has 8 N–H and O–H groups in total. The van der Waals surface area contributed by atoms with Crippen LogP contribution in [0.4, 0.5) is 0 Å². The van der Waals surface area contributed by atoms with Crippen LogP contribution in [-0.2, 0) is 75.2 Å². The average Bonchev–Trinajstić information content (AvgIpc) is 0.842. The van der Waals surface area contributed by atoms with Crippen LogP contribution in [0.1, 0.15) is 152 Å². The second kappa shape index (κ2) is 40.1. The van der Waals surface area contributed by atoms with Gasteiger partial charge in [-0.2, -0.15) is 0 Å². The van der Waals surface area contributed by atoms with Gasteiger partial charge >= 0.3 is 0 Å². The molecule has 0 radical (unpaired) electrons. The molecule has 0 spiro atoms. The molecule has 2 aromatic carbocycles. The first-order valence-electron chi connectivity index (χ1n) is 35.4. The minimum atomic E-state index is -1.68. The average molecular weight is 1400 g/mol. The molecule has 2 heterocycles. The minimum absolute atomic E-state index is 0.0394. The maximum absolute atomic E-state index is 14.9. The van der Waals surface area contributed by atoms with Crippen LogP contribution in [0.3, 0.4) is 0 Å². The lowest BCUT2D eigenvalue weighted by atomic mass is 9.95. The van der Waals surface area contributed by atoms with Crippen molar-refractivity contribution in [2.45, 2.75) is 220 Å². The molecule has 4 rings (SSSR count). The van der Waals surface area contributed by atoms with E-state index in [1.807, 2.05) is 34.6 Å². The molecule has 2 aliphatic rings. The number of nitrogens with zero attached hydrogens (tertiary/aromatic N) is 6. The van der Waals surface area contributed by atoms with E-state index in [9.17, 15) is 67.4 Å². The van der Waals surface area contributed by atoms with E-state index in [4.69, 9.17) is 0 Å². The van der Waals surface area contributed by atoms with Crippen molar-refractivity contribution < 1.29 is 67.4 Å². The highest BCUT2D eigenvalue weighted by Crippen LogP contribution is 2.21. The van der Waals surface area contributed by atoms with Gasteiger partial charge in [-0.15, -0.1) is 0 Å². The highest BCUT2D eigenvalue weighted by molar-refractivity contribution is 6.00. The van der Waals surface area contributed by atoms with Crippen molar-refractivity contribution in [2.75, 3.05) is 61.4 Å². The molecular formula is C73H115N13O14. The number of hydrogen-bond acceptors (Lipinski definition) is 14. The summed E-state index contributed by atoms with van der Waals surface area (Å²) in [5.41, 5.74) is 1.28. The van der Waals surface area contributed by atoms with Crippen LogP contribution >= 0.6 is 0 Å². The number of rotatable bonds is 15.